The van der Waals surface area contributed by atoms with Crippen molar-refractivity contribution < 1.29 is 0 Å². The number of rotatable bonds is 7. The van der Waals surface area contributed by atoms with Gasteiger partial charge < -0.3 is 10.6 Å². The van der Waals surface area contributed by atoms with Crippen LogP contribution < -0.4 is 10.6 Å². The second-order valence-electron chi connectivity index (χ2n) is 5.09. The SMILES string of the molecule is CCCc1nc(NC)cc(Nc2ccccc2CCC)n1. The average Bonchev–Trinajstić information content (AvgIpc) is 2.49. The lowest BCUT2D eigenvalue weighted by Gasteiger charge is -2.13. The molecule has 0 aliphatic carbocycles. The first kappa shape index (κ1) is 15.3. The molecule has 2 N–H and O–H groups in total. The number of aryl methyl sites for hydroxylation is 2. The number of hydrogen-bond acceptors (Lipinski definition) is 4. The van der Waals surface area contributed by atoms with Crippen LogP contribution in [0.25, 0.3) is 0 Å². The quantitative estimate of drug-likeness (QED) is 0.801. The lowest BCUT2D eigenvalue weighted by molar-refractivity contribution is 0.838. The second kappa shape index (κ2) is 7.62. The normalized spacial score (nSPS) is 10.4. The van der Waals surface area contributed by atoms with Gasteiger partial charge in [0.15, 0.2) is 0 Å². The fourth-order valence-corrected chi connectivity index (χ4v) is 2.29. The number of hydrogen-bond donors (Lipinski definition) is 2. The van der Waals surface area contributed by atoms with Gasteiger partial charge in [-0.05, 0) is 24.5 Å². The zero-order valence-corrected chi connectivity index (χ0v) is 13.1. The van der Waals surface area contributed by atoms with Gasteiger partial charge in [-0.2, -0.15) is 0 Å². The smallest absolute Gasteiger partial charge is 0.136 e. The minimum Gasteiger partial charge on any atom is -0.373 e. The Hall–Kier alpha value is -2.10. The van der Waals surface area contributed by atoms with Crippen LogP contribution in [-0.2, 0) is 12.8 Å². The predicted molar refractivity (Wildman–Crippen MR) is 89.3 cm³/mol. The van der Waals surface area contributed by atoms with Crippen LogP contribution in [0.2, 0.25) is 0 Å². The highest BCUT2D eigenvalue weighted by molar-refractivity contribution is 5.62. The zero-order valence-electron chi connectivity index (χ0n) is 13.1. The molecule has 4 heteroatoms. The van der Waals surface area contributed by atoms with E-state index in [1.807, 2.05) is 13.1 Å². The van der Waals surface area contributed by atoms with E-state index in [9.17, 15) is 0 Å². The lowest BCUT2D eigenvalue weighted by Crippen LogP contribution is -2.04. The van der Waals surface area contributed by atoms with Crippen molar-refractivity contribution in [2.45, 2.75) is 39.5 Å². The van der Waals surface area contributed by atoms with Crippen LogP contribution in [0.3, 0.4) is 0 Å². The Morgan fingerprint density at radius 1 is 0.952 bits per heavy atom. The molecule has 0 saturated carbocycles. The molecule has 2 rings (SSSR count). The Morgan fingerprint density at radius 3 is 2.38 bits per heavy atom. The maximum atomic E-state index is 4.61. The first-order valence-corrected chi connectivity index (χ1v) is 7.67. The molecule has 0 saturated heterocycles. The molecule has 0 spiro atoms. The molecule has 4 nitrogen and oxygen atoms in total. The maximum absolute atomic E-state index is 4.61. The van der Waals surface area contributed by atoms with Crippen LogP contribution in [0.1, 0.15) is 38.1 Å². The number of benzene rings is 1. The Labute approximate surface area is 127 Å². The van der Waals surface area contributed by atoms with E-state index in [-0.39, 0.29) is 0 Å². The molecule has 0 aliphatic heterocycles. The summed E-state index contributed by atoms with van der Waals surface area (Å²) in [5, 5.41) is 6.54. The van der Waals surface area contributed by atoms with Gasteiger partial charge in [0, 0.05) is 25.2 Å². The third kappa shape index (κ3) is 4.18. The first-order valence-electron chi connectivity index (χ1n) is 7.67. The molecule has 0 unspecified atom stereocenters. The van der Waals surface area contributed by atoms with E-state index in [0.717, 1.165) is 48.8 Å². The van der Waals surface area contributed by atoms with Gasteiger partial charge in [0.05, 0.1) is 0 Å². The van der Waals surface area contributed by atoms with E-state index in [0.29, 0.717) is 0 Å². The molecule has 0 amide bonds. The highest BCUT2D eigenvalue weighted by Crippen LogP contribution is 2.22. The summed E-state index contributed by atoms with van der Waals surface area (Å²) in [7, 11) is 1.88. The Bertz CT molecular complexity index is 581. The molecule has 2 aromatic rings. The van der Waals surface area contributed by atoms with E-state index in [2.05, 4.69) is 58.7 Å². The minimum atomic E-state index is 0.848. The summed E-state index contributed by atoms with van der Waals surface area (Å²) >= 11 is 0. The van der Waals surface area contributed by atoms with Crippen molar-refractivity contribution in [1.82, 2.24) is 9.97 Å². The molecular weight excluding hydrogens is 260 g/mol. The molecule has 21 heavy (non-hydrogen) atoms. The number of aromatic nitrogens is 2. The highest BCUT2D eigenvalue weighted by Gasteiger charge is 2.06. The number of nitrogens with one attached hydrogen (secondary N) is 2. The fraction of sp³-hybridized carbons (Fsp3) is 0.412. The molecule has 0 fully saturated rings. The van der Waals surface area contributed by atoms with Crippen LogP contribution in [0.5, 0.6) is 0 Å². The van der Waals surface area contributed by atoms with Gasteiger partial charge in [-0.1, -0.05) is 38.5 Å². The summed E-state index contributed by atoms with van der Waals surface area (Å²) in [5.74, 6) is 2.57. The second-order valence-corrected chi connectivity index (χ2v) is 5.09. The fourth-order valence-electron chi connectivity index (χ4n) is 2.29. The van der Waals surface area contributed by atoms with E-state index in [1.165, 1.54) is 5.56 Å². The molecule has 0 aliphatic rings. The summed E-state index contributed by atoms with van der Waals surface area (Å²) in [5.41, 5.74) is 2.45. The molecule has 0 radical (unpaired) electrons. The van der Waals surface area contributed by atoms with Crippen LogP contribution in [0.15, 0.2) is 30.3 Å². The minimum absolute atomic E-state index is 0.848. The van der Waals surface area contributed by atoms with Gasteiger partial charge in [0.1, 0.15) is 17.5 Å². The standard InChI is InChI=1S/C17H24N4/c1-4-8-13-10-6-7-11-14(13)19-17-12-16(18-3)20-15(21-17)9-5-2/h6-7,10-12H,4-5,8-9H2,1-3H3,(H2,18,19,20,21). The van der Waals surface area contributed by atoms with Crippen molar-refractivity contribution in [2.75, 3.05) is 17.7 Å². The highest BCUT2D eigenvalue weighted by atomic mass is 15.1. The van der Waals surface area contributed by atoms with Gasteiger partial charge in [0.2, 0.25) is 0 Å². The van der Waals surface area contributed by atoms with Gasteiger partial charge in [-0.15, -0.1) is 0 Å². The Morgan fingerprint density at radius 2 is 1.67 bits per heavy atom. The Kier molecular flexibility index (Phi) is 5.55. The molecule has 0 bridgehead atoms. The summed E-state index contributed by atoms with van der Waals surface area (Å²) in [6, 6.07) is 10.3. The van der Waals surface area contributed by atoms with E-state index in [1.54, 1.807) is 0 Å². The van der Waals surface area contributed by atoms with Crippen molar-refractivity contribution in [3.05, 3.63) is 41.7 Å². The van der Waals surface area contributed by atoms with Crippen LogP contribution in [-0.4, -0.2) is 17.0 Å². The molecule has 1 aromatic carbocycles. The molecule has 1 aromatic heterocycles. The number of anilines is 3. The lowest BCUT2D eigenvalue weighted by atomic mass is 10.1. The predicted octanol–water partition coefficient (Wildman–Crippen LogP) is 4.17. The van der Waals surface area contributed by atoms with E-state index in [4.69, 9.17) is 0 Å². The summed E-state index contributed by atoms with van der Waals surface area (Å²) in [6.07, 6.45) is 4.13. The van der Waals surface area contributed by atoms with Crippen molar-refractivity contribution in [2.24, 2.45) is 0 Å². The topological polar surface area (TPSA) is 49.8 Å². The van der Waals surface area contributed by atoms with Gasteiger partial charge in [-0.25, -0.2) is 9.97 Å². The average molecular weight is 284 g/mol. The molecule has 1 heterocycles. The van der Waals surface area contributed by atoms with E-state index < -0.39 is 0 Å². The zero-order chi connectivity index (χ0) is 15.1. The van der Waals surface area contributed by atoms with Crippen LogP contribution >= 0.6 is 0 Å². The monoisotopic (exact) mass is 284 g/mol. The van der Waals surface area contributed by atoms with Crippen molar-refractivity contribution in [3.63, 3.8) is 0 Å². The third-order valence-electron chi connectivity index (χ3n) is 3.30. The largest absolute Gasteiger partial charge is 0.373 e. The number of para-hydroxylation sites is 1. The van der Waals surface area contributed by atoms with Crippen LogP contribution in [0.4, 0.5) is 17.3 Å². The summed E-state index contributed by atoms with van der Waals surface area (Å²) in [6.45, 7) is 4.33. The van der Waals surface area contributed by atoms with Gasteiger partial charge in [0.25, 0.3) is 0 Å². The van der Waals surface area contributed by atoms with Crippen molar-refractivity contribution in [1.29, 1.82) is 0 Å². The van der Waals surface area contributed by atoms with Gasteiger partial charge in [-0.3, -0.25) is 0 Å². The molecule has 0 atom stereocenters. The van der Waals surface area contributed by atoms with E-state index >= 15 is 0 Å². The van der Waals surface area contributed by atoms with Gasteiger partial charge >= 0.3 is 0 Å². The summed E-state index contributed by atoms with van der Waals surface area (Å²) in [4.78, 5) is 9.09. The number of nitrogens with zero attached hydrogens (tertiary/aromatic N) is 2. The molecule has 112 valence electrons. The van der Waals surface area contributed by atoms with Crippen molar-refractivity contribution in [3.8, 4) is 0 Å². The first-order chi connectivity index (χ1) is 10.3. The maximum Gasteiger partial charge on any atom is 0.136 e. The third-order valence-corrected chi connectivity index (χ3v) is 3.30. The summed E-state index contributed by atoms with van der Waals surface area (Å²) < 4.78 is 0. The molecular formula is C17H24N4. The van der Waals surface area contributed by atoms with Crippen LogP contribution in [0, 0.1) is 0 Å². The Balaban J connectivity index is 2.28. The van der Waals surface area contributed by atoms with Crippen molar-refractivity contribution >= 4 is 17.3 Å².